The van der Waals surface area contributed by atoms with Crippen molar-refractivity contribution in [1.29, 1.82) is 0 Å². The van der Waals surface area contributed by atoms with Crippen LogP contribution < -0.4 is 4.90 Å². The molecule has 2 aromatic rings. The van der Waals surface area contributed by atoms with Gasteiger partial charge in [-0.05, 0) is 101 Å². The Morgan fingerprint density at radius 1 is 0.812 bits per heavy atom. The smallest absolute Gasteiger partial charge is 0.0458 e. The van der Waals surface area contributed by atoms with E-state index < -0.39 is 0 Å². The second-order valence-electron chi connectivity index (χ2n) is 11.4. The molecule has 2 aliphatic carbocycles. The maximum Gasteiger partial charge on any atom is 0.0458 e. The van der Waals surface area contributed by atoms with Gasteiger partial charge >= 0.3 is 0 Å². The van der Waals surface area contributed by atoms with Crippen LogP contribution in [0.25, 0.3) is 5.70 Å². The molecule has 0 aliphatic heterocycles. The zero-order valence-electron chi connectivity index (χ0n) is 30.2. The molecule has 0 spiro atoms. The maximum absolute atomic E-state index is 4.18. The SMILES string of the molecule is C=CC(/C=C\C)=C(C)\C(=C/Cc1ccccc1/C(=C\C)N(C/C=C\C=C/C)C1=CC=CCC1)N(C1=CC=CCC1)c1ccccc1.CC. The molecule has 0 radical (unpaired) electrons. The van der Waals surface area contributed by atoms with Crippen molar-refractivity contribution in [3.8, 4) is 0 Å². The highest BCUT2D eigenvalue weighted by atomic mass is 15.2. The molecular weight excluding hydrogens is 581 g/mol. The van der Waals surface area contributed by atoms with Crippen molar-refractivity contribution in [3.63, 3.8) is 0 Å². The average Bonchev–Trinajstić information content (AvgIpc) is 3.15. The molecule has 0 aromatic heterocycles. The fourth-order valence-corrected chi connectivity index (χ4v) is 6.05. The van der Waals surface area contributed by atoms with E-state index >= 15 is 0 Å². The topological polar surface area (TPSA) is 6.48 Å². The number of nitrogens with zero attached hydrogens (tertiary/aromatic N) is 2. The molecule has 2 nitrogen and oxygen atoms in total. The number of rotatable bonds is 14. The molecule has 0 bridgehead atoms. The van der Waals surface area contributed by atoms with Gasteiger partial charge in [-0.25, -0.2) is 0 Å². The third-order valence-electron chi connectivity index (χ3n) is 8.36. The summed E-state index contributed by atoms with van der Waals surface area (Å²) in [4.78, 5) is 4.93. The number of para-hydroxylation sites is 1. The van der Waals surface area contributed by atoms with Gasteiger partial charge in [0.25, 0.3) is 0 Å². The second-order valence-corrected chi connectivity index (χ2v) is 11.4. The van der Waals surface area contributed by atoms with Crippen molar-refractivity contribution >= 4 is 11.4 Å². The van der Waals surface area contributed by atoms with Gasteiger partial charge in [0, 0.05) is 40.6 Å². The van der Waals surface area contributed by atoms with Crippen LogP contribution in [0.15, 0.2) is 181 Å². The molecule has 0 saturated heterocycles. The first-order valence-electron chi connectivity index (χ1n) is 17.7. The molecule has 250 valence electrons. The molecule has 2 aromatic carbocycles. The molecule has 0 saturated carbocycles. The van der Waals surface area contributed by atoms with E-state index in [0.29, 0.717) is 0 Å². The van der Waals surface area contributed by atoms with Gasteiger partial charge in [0.05, 0.1) is 0 Å². The van der Waals surface area contributed by atoms with Gasteiger partial charge in [-0.15, -0.1) is 0 Å². The predicted octanol–water partition coefficient (Wildman–Crippen LogP) is 13.0. The van der Waals surface area contributed by atoms with Crippen LogP contribution >= 0.6 is 0 Å². The van der Waals surface area contributed by atoms with Crippen molar-refractivity contribution in [1.82, 2.24) is 4.90 Å². The van der Waals surface area contributed by atoms with Gasteiger partial charge in [0.2, 0.25) is 0 Å². The Morgan fingerprint density at radius 2 is 1.48 bits per heavy atom. The Morgan fingerprint density at radius 3 is 2.08 bits per heavy atom. The Labute approximate surface area is 292 Å². The average molecular weight is 637 g/mol. The first-order chi connectivity index (χ1) is 23.6. The van der Waals surface area contributed by atoms with Gasteiger partial charge in [-0.1, -0.05) is 142 Å². The molecule has 0 unspecified atom stereocenters. The first-order valence-corrected chi connectivity index (χ1v) is 17.7. The van der Waals surface area contributed by atoms with Crippen LogP contribution in [0.5, 0.6) is 0 Å². The van der Waals surface area contributed by atoms with Gasteiger partial charge in [-0.2, -0.15) is 0 Å². The zero-order chi connectivity index (χ0) is 34.6. The van der Waals surface area contributed by atoms with E-state index in [1.807, 2.05) is 19.9 Å². The highest BCUT2D eigenvalue weighted by Gasteiger charge is 2.21. The van der Waals surface area contributed by atoms with E-state index in [-0.39, 0.29) is 0 Å². The molecule has 2 heteroatoms. The van der Waals surface area contributed by atoms with E-state index in [0.717, 1.165) is 49.9 Å². The monoisotopic (exact) mass is 636 g/mol. The van der Waals surface area contributed by atoms with E-state index in [1.165, 1.54) is 39.5 Å². The number of allylic oxidation sites excluding steroid dienone is 18. The molecule has 2 aliphatic rings. The van der Waals surface area contributed by atoms with Crippen LogP contribution in [0, 0.1) is 0 Å². The molecule has 48 heavy (non-hydrogen) atoms. The molecule has 0 atom stereocenters. The van der Waals surface area contributed by atoms with Gasteiger partial charge in [0.15, 0.2) is 0 Å². The van der Waals surface area contributed by atoms with Gasteiger partial charge < -0.3 is 9.80 Å². The van der Waals surface area contributed by atoms with Crippen LogP contribution in [-0.4, -0.2) is 11.4 Å². The van der Waals surface area contributed by atoms with E-state index in [4.69, 9.17) is 0 Å². The zero-order valence-corrected chi connectivity index (χ0v) is 30.2. The fourth-order valence-electron chi connectivity index (χ4n) is 6.05. The van der Waals surface area contributed by atoms with Crippen molar-refractivity contribution in [2.24, 2.45) is 0 Å². The minimum atomic E-state index is 0.786. The lowest BCUT2D eigenvalue weighted by Crippen LogP contribution is -2.24. The van der Waals surface area contributed by atoms with Gasteiger partial charge in [-0.3, -0.25) is 0 Å². The lowest BCUT2D eigenvalue weighted by atomic mass is 9.96. The summed E-state index contributed by atoms with van der Waals surface area (Å²) in [7, 11) is 0. The number of benzene rings is 2. The summed E-state index contributed by atoms with van der Waals surface area (Å²) < 4.78 is 0. The molecule has 0 fully saturated rings. The number of anilines is 1. The van der Waals surface area contributed by atoms with Crippen LogP contribution in [0.4, 0.5) is 5.69 Å². The second kappa shape index (κ2) is 21.1. The van der Waals surface area contributed by atoms with Crippen molar-refractivity contribution in [2.45, 2.75) is 73.6 Å². The van der Waals surface area contributed by atoms with Crippen molar-refractivity contribution in [2.75, 3.05) is 11.4 Å². The molecule has 0 heterocycles. The summed E-state index contributed by atoms with van der Waals surface area (Å²) in [5.41, 5.74) is 11.1. The summed E-state index contributed by atoms with van der Waals surface area (Å²) >= 11 is 0. The van der Waals surface area contributed by atoms with Crippen LogP contribution in [0.3, 0.4) is 0 Å². The van der Waals surface area contributed by atoms with Crippen LogP contribution in [0.1, 0.15) is 78.4 Å². The summed E-state index contributed by atoms with van der Waals surface area (Å²) in [6, 6.07) is 19.6. The summed E-state index contributed by atoms with van der Waals surface area (Å²) in [6.45, 7) is 17.5. The van der Waals surface area contributed by atoms with E-state index in [9.17, 15) is 0 Å². The predicted molar refractivity (Wildman–Crippen MR) is 213 cm³/mol. The Kier molecular flexibility index (Phi) is 16.6. The van der Waals surface area contributed by atoms with E-state index in [2.05, 4.69) is 184 Å². The first kappa shape index (κ1) is 37.6. The third kappa shape index (κ3) is 10.3. The highest BCUT2D eigenvalue weighted by Crippen LogP contribution is 2.35. The summed E-state index contributed by atoms with van der Waals surface area (Å²) in [5, 5.41) is 0. The molecule has 4 rings (SSSR count). The van der Waals surface area contributed by atoms with Gasteiger partial charge in [0.1, 0.15) is 0 Å². The highest BCUT2D eigenvalue weighted by molar-refractivity contribution is 5.70. The molecular formula is C46H56N2. The van der Waals surface area contributed by atoms with Crippen LogP contribution in [0.2, 0.25) is 0 Å². The fraction of sp³-hybridized carbons (Fsp3) is 0.261. The Balaban J connectivity index is 0.00000307. The maximum atomic E-state index is 4.18. The number of hydrogen-bond acceptors (Lipinski definition) is 2. The molecule has 0 N–H and O–H groups in total. The number of hydrogen-bond donors (Lipinski definition) is 0. The lowest BCUT2D eigenvalue weighted by molar-refractivity contribution is 0.512. The summed E-state index contributed by atoms with van der Waals surface area (Å²) in [6.07, 6.45) is 37.8. The van der Waals surface area contributed by atoms with E-state index in [1.54, 1.807) is 0 Å². The minimum absolute atomic E-state index is 0.786. The minimum Gasteiger partial charge on any atom is -0.341 e. The Bertz CT molecular complexity index is 1630. The lowest BCUT2D eigenvalue weighted by Gasteiger charge is -2.33. The summed E-state index contributed by atoms with van der Waals surface area (Å²) in [5.74, 6) is 0. The normalized spacial score (nSPS) is 15.6. The molecule has 0 amide bonds. The third-order valence-corrected chi connectivity index (χ3v) is 8.36. The van der Waals surface area contributed by atoms with Crippen molar-refractivity contribution < 1.29 is 0 Å². The Hall–Kier alpha value is -4.82. The van der Waals surface area contributed by atoms with Crippen molar-refractivity contribution in [3.05, 3.63) is 192 Å². The quantitative estimate of drug-likeness (QED) is 0.190. The van der Waals surface area contributed by atoms with Crippen LogP contribution in [-0.2, 0) is 6.42 Å². The largest absolute Gasteiger partial charge is 0.341 e. The standard InChI is InChI=1S/C44H50N2.C2H6/c1-6-10-11-23-35-45(39-26-15-12-16-27-39)43(9-4)42-32-22-21-25-38(42)33-34-44(36(5)37(8-3)24-7-2)46(40-28-17-13-18-29-40)41-30-19-14-20-31-41;1-2/h6-15,17-19,21-26,28-30,32,34H,3,16,20,27,31,33,35H2,1-2,4-5H3;1-2H3/b10-6-,23-11-,24-7-,37-36+,43-9+,44-34+;.